The van der Waals surface area contributed by atoms with E-state index in [1.165, 1.54) is 32.1 Å². The fourth-order valence-corrected chi connectivity index (χ4v) is 1.96. The van der Waals surface area contributed by atoms with Crippen molar-refractivity contribution in [3.63, 3.8) is 0 Å². The molecular formula is C15H32O. The zero-order valence-corrected chi connectivity index (χ0v) is 12.0. The van der Waals surface area contributed by atoms with Crippen molar-refractivity contribution in [2.75, 3.05) is 6.61 Å². The smallest absolute Gasteiger partial charge is 0.0456 e. The third kappa shape index (κ3) is 7.27. The van der Waals surface area contributed by atoms with Crippen LogP contribution in [0.25, 0.3) is 0 Å². The van der Waals surface area contributed by atoms with Crippen LogP contribution in [0.4, 0.5) is 0 Å². The van der Waals surface area contributed by atoms with Crippen LogP contribution in [-0.2, 0) is 0 Å². The van der Waals surface area contributed by atoms with Crippen LogP contribution in [0.2, 0.25) is 0 Å². The van der Waals surface area contributed by atoms with Gasteiger partial charge in [-0.25, -0.2) is 0 Å². The lowest BCUT2D eigenvalue weighted by Gasteiger charge is -2.22. The van der Waals surface area contributed by atoms with Crippen LogP contribution in [0.5, 0.6) is 0 Å². The molecule has 0 saturated carbocycles. The van der Waals surface area contributed by atoms with Gasteiger partial charge >= 0.3 is 0 Å². The molecule has 0 amide bonds. The molecule has 0 aromatic rings. The monoisotopic (exact) mass is 228 g/mol. The Hall–Kier alpha value is -0.0400. The predicted octanol–water partition coefficient (Wildman–Crippen LogP) is 4.49. The summed E-state index contributed by atoms with van der Waals surface area (Å²) in [7, 11) is 0. The average Bonchev–Trinajstić information content (AvgIpc) is 2.31. The van der Waals surface area contributed by atoms with Gasteiger partial charge in [0.05, 0.1) is 0 Å². The number of aliphatic hydroxyl groups excluding tert-OH is 1. The summed E-state index contributed by atoms with van der Waals surface area (Å²) in [6.07, 6.45) is 6.48. The first-order valence-electron chi connectivity index (χ1n) is 7.12. The Morgan fingerprint density at radius 1 is 0.750 bits per heavy atom. The van der Waals surface area contributed by atoms with Crippen molar-refractivity contribution >= 4 is 0 Å². The first kappa shape index (κ1) is 16.0. The fourth-order valence-electron chi connectivity index (χ4n) is 1.96. The van der Waals surface area contributed by atoms with Gasteiger partial charge in [0.2, 0.25) is 0 Å². The van der Waals surface area contributed by atoms with Gasteiger partial charge in [-0.15, -0.1) is 0 Å². The van der Waals surface area contributed by atoms with Crippen molar-refractivity contribution in [3.05, 3.63) is 0 Å². The van der Waals surface area contributed by atoms with Gasteiger partial charge in [-0.2, -0.15) is 0 Å². The van der Waals surface area contributed by atoms with Gasteiger partial charge in [0.1, 0.15) is 0 Å². The van der Waals surface area contributed by atoms with E-state index in [-0.39, 0.29) is 0 Å². The zero-order chi connectivity index (χ0) is 12.6. The van der Waals surface area contributed by atoms with E-state index in [1.807, 2.05) is 0 Å². The highest BCUT2D eigenvalue weighted by Gasteiger charge is 2.14. The second-order valence-corrected chi connectivity index (χ2v) is 5.91. The van der Waals surface area contributed by atoms with Crippen LogP contribution in [-0.4, -0.2) is 11.7 Å². The molecule has 0 aromatic heterocycles. The minimum atomic E-state index is 0.341. The van der Waals surface area contributed by atoms with E-state index in [0.29, 0.717) is 12.5 Å². The normalized spacial score (nSPS) is 19.1. The molecule has 0 fully saturated rings. The van der Waals surface area contributed by atoms with Gasteiger partial charge in [0.25, 0.3) is 0 Å². The minimum absolute atomic E-state index is 0.341. The third-order valence-electron chi connectivity index (χ3n) is 4.21. The lowest BCUT2D eigenvalue weighted by molar-refractivity contribution is 0.213. The van der Waals surface area contributed by atoms with Crippen molar-refractivity contribution < 1.29 is 5.11 Å². The molecule has 0 spiro atoms. The van der Waals surface area contributed by atoms with Gasteiger partial charge in [0.15, 0.2) is 0 Å². The molecule has 0 bridgehead atoms. The Morgan fingerprint density at radius 2 is 1.19 bits per heavy atom. The Morgan fingerprint density at radius 3 is 1.56 bits per heavy atom. The minimum Gasteiger partial charge on any atom is -0.396 e. The summed E-state index contributed by atoms with van der Waals surface area (Å²) >= 11 is 0. The van der Waals surface area contributed by atoms with Gasteiger partial charge in [-0.3, -0.25) is 0 Å². The van der Waals surface area contributed by atoms with Gasteiger partial charge < -0.3 is 5.11 Å². The molecule has 1 heteroatoms. The van der Waals surface area contributed by atoms with Gasteiger partial charge in [-0.1, -0.05) is 60.3 Å². The fraction of sp³-hybridized carbons (Fsp3) is 1.00. The van der Waals surface area contributed by atoms with Crippen LogP contribution in [0, 0.1) is 23.7 Å². The van der Waals surface area contributed by atoms with Crippen LogP contribution in [0.3, 0.4) is 0 Å². The van der Waals surface area contributed by atoms with E-state index in [4.69, 9.17) is 5.11 Å². The number of hydrogen-bond acceptors (Lipinski definition) is 1. The topological polar surface area (TPSA) is 20.2 Å². The second-order valence-electron chi connectivity index (χ2n) is 5.91. The summed E-state index contributed by atoms with van der Waals surface area (Å²) in [5, 5.41) is 8.99. The maximum Gasteiger partial charge on any atom is 0.0456 e. The number of aliphatic hydroxyl groups is 1. The standard InChI is InChI=1S/C15H32O/c1-6-12(2)7-9-14(4)15(5)10-8-13(3)11-16/h12-16H,6-11H2,1-5H3. The molecular weight excluding hydrogens is 196 g/mol. The maximum absolute atomic E-state index is 8.99. The Balaban J connectivity index is 3.68. The van der Waals surface area contributed by atoms with E-state index in [0.717, 1.165) is 17.8 Å². The molecule has 16 heavy (non-hydrogen) atoms. The SMILES string of the molecule is CCC(C)CCC(C)C(C)CCC(C)CO. The maximum atomic E-state index is 8.99. The van der Waals surface area contributed by atoms with E-state index in [2.05, 4.69) is 34.6 Å². The lowest BCUT2D eigenvalue weighted by atomic mass is 9.84. The molecule has 98 valence electrons. The van der Waals surface area contributed by atoms with E-state index >= 15 is 0 Å². The molecule has 0 radical (unpaired) electrons. The number of hydrogen-bond donors (Lipinski definition) is 1. The molecule has 0 aliphatic heterocycles. The molecule has 0 rings (SSSR count). The first-order chi connectivity index (χ1) is 7.51. The van der Waals surface area contributed by atoms with Crippen molar-refractivity contribution in [1.29, 1.82) is 0 Å². The molecule has 1 N–H and O–H groups in total. The van der Waals surface area contributed by atoms with Crippen molar-refractivity contribution in [3.8, 4) is 0 Å². The third-order valence-corrected chi connectivity index (χ3v) is 4.21. The molecule has 1 nitrogen and oxygen atoms in total. The highest BCUT2D eigenvalue weighted by molar-refractivity contribution is 4.65. The van der Waals surface area contributed by atoms with Crippen molar-refractivity contribution in [2.24, 2.45) is 23.7 Å². The number of rotatable bonds is 9. The molecule has 0 saturated heterocycles. The van der Waals surface area contributed by atoms with E-state index in [1.54, 1.807) is 0 Å². The Bertz CT molecular complexity index is 138. The van der Waals surface area contributed by atoms with Crippen LogP contribution in [0.15, 0.2) is 0 Å². The molecule has 4 atom stereocenters. The van der Waals surface area contributed by atoms with Crippen molar-refractivity contribution in [1.82, 2.24) is 0 Å². The van der Waals surface area contributed by atoms with E-state index in [9.17, 15) is 0 Å². The van der Waals surface area contributed by atoms with E-state index < -0.39 is 0 Å². The second kappa shape index (κ2) is 9.04. The highest BCUT2D eigenvalue weighted by atomic mass is 16.3. The quantitative estimate of drug-likeness (QED) is 0.616. The Kier molecular flexibility index (Phi) is 9.02. The summed E-state index contributed by atoms with van der Waals surface area (Å²) in [5.74, 6) is 2.99. The Labute approximate surface area is 103 Å². The first-order valence-corrected chi connectivity index (χ1v) is 7.12. The summed E-state index contributed by atoms with van der Waals surface area (Å²) < 4.78 is 0. The van der Waals surface area contributed by atoms with Gasteiger partial charge in [-0.05, 0) is 30.1 Å². The van der Waals surface area contributed by atoms with Crippen LogP contribution in [0.1, 0.15) is 66.7 Å². The largest absolute Gasteiger partial charge is 0.396 e. The molecule has 0 heterocycles. The summed E-state index contributed by atoms with van der Waals surface area (Å²) in [4.78, 5) is 0. The zero-order valence-electron chi connectivity index (χ0n) is 12.0. The summed E-state index contributed by atoms with van der Waals surface area (Å²) in [6, 6.07) is 0. The highest BCUT2D eigenvalue weighted by Crippen LogP contribution is 2.25. The van der Waals surface area contributed by atoms with Crippen LogP contribution < -0.4 is 0 Å². The molecule has 0 aliphatic carbocycles. The predicted molar refractivity (Wildman–Crippen MR) is 72.5 cm³/mol. The molecule has 0 aromatic carbocycles. The van der Waals surface area contributed by atoms with Crippen LogP contribution >= 0.6 is 0 Å². The average molecular weight is 228 g/mol. The summed E-state index contributed by atoms with van der Waals surface area (Å²) in [6.45, 7) is 11.9. The molecule has 4 unspecified atom stereocenters. The lowest BCUT2D eigenvalue weighted by Crippen LogP contribution is -2.12. The van der Waals surface area contributed by atoms with Gasteiger partial charge in [0, 0.05) is 6.61 Å². The molecule has 0 aliphatic rings. The van der Waals surface area contributed by atoms with Crippen molar-refractivity contribution in [2.45, 2.75) is 66.7 Å². The summed E-state index contributed by atoms with van der Waals surface area (Å²) in [5.41, 5.74) is 0.